The number of hydrogen-bond donors (Lipinski definition) is 2. The first kappa shape index (κ1) is 12.3. The van der Waals surface area contributed by atoms with Crippen molar-refractivity contribution in [2.24, 2.45) is 11.8 Å². The summed E-state index contributed by atoms with van der Waals surface area (Å²) in [5.74, 6) is 1.43. The quantitative estimate of drug-likeness (QED) is 0.864. The Morgan fingerprint density at radius 3 is 2.56 bits per heavy atom. The molecule has 2 aliphatic rings. The maximum absolute atomic E-state index is 9.62. The van der Waals surface area contributed by atoms with Crippen molar-refractivity contribution in [2.75, 3.05) is 13.1 Å². The number of hydrogen-bond acceptors (Lipinski definition) is 3. The number of aliphatic hydroxyl groups excluding tert-OH is 1. The summed E-state index contributed by atoms with van der Waals surface area (Å²) < 4.78 is 0. The highest BCUT2D eigenvalue weighted by Crippen LogP contribution is 2.39. The maximum atomic E-state index is 9.62. The zero-order valence-electron chi connectivity index (χ0n) is 10.2. The second kappa shape index (κ2) is 4.72. The van der Waals surface area contributed by atoms with Crippen molar-refractivity contribution in [1.82, 2.24) is 4.90 Å². The molecule has 2 fully saturated rings. The van der Waals surface area contributed by atoms with Crippen molar-refractivity contribution < 1.29 is 10.2 Å². The van der Waals surface area contributed by atoms with Crippen molar-refractivity contribution >= 4 is 11.6 Å². The molecular formula is C14H18ClNO2. The van der Waals surface area contributed by atoms with Gasteiger partial charge < -0.3 is 10.2 Å². The molecule has 1 unspecified atom stereocenters. The lowest BCUT2D eigenvalue weighted by atomic mass is 10.0. The Kier molecular flexibility index (Phi) is 3.22. The van der Waals surface area contributed by atoms with Crippen LogP contribution in [-0.4, -0.2) is 34.3 Å². The van der Waals surface area contributed by atoms with Crippen molar-refractivity contribution in [3.05, 3.63) is 28.8 Å². The van der Waals surface area contributed by atoms with Crippen molar-refractivity contribution in [2.45, 2.75) is 25.5 Å². The van der Waals surface area contributed by atoms with Gasteiger partial charge in [-0.25, -0.2) is 0 Å². The van der Waals surface area contributed by atoms with Crippen LogP contribution in [0.15, 0.2) is 18.2 Å². The molecule has 1 aromatic carbocycles. The smallest absolute Gasteiger partial charge is 0.134 e. The minimum absolute atomic E-state index is 0.0912. The average molecular weight is 268 g/mol. The summed E-state index contributed by atoms with van der Waals surface area (Å²) in [6.45, 7) is 2.86. The van der Waals surface area contributed by atoms with Crippen LogP contribution in [0.4, 0.5) is 0 Å². The fourth-order valence-electron chi connectivity index (χ4n) is 3.42. The minimum Gasteiger partial charge on any atom is -0.506 e. The number of rotatable bonds is 2. The summed E-state index contributed by atoms with van der Waals surface area (Å²) in [5.41, 5.74) is 0.984. The number of halogens is 1. The molecule has 1 heterocycles. The Hall–Kier alpha value is -0.770. The van der Waals surface area contributed by atoms with Gasteiger partial charge >= 0.3 is 0 Å². The molecule has 3 rings (SSSR count). The van der Waals surface area contributed by atoms with Gasteiger partial charge in [-0.1, -0.05) is 23.7 Å². The number of aliphatic hydroxyl groups is 1. The van der Waals surface area contributed by atoms with Gasteiger partial charge in [-0.05, 0) is 36.3 Å². The van der Waals surface area contributed by atoms with Gasteiger partial charge in [0.25, 0.3) is 0 Å². The maximum Gasteiger partial charge on any atom is 0.134 e. The Labute approximate surface area is 112 Å². The van der Waals surface area contributed by atoms with Crippen LogP contribution in [-0.2, 0) is 6.54 Å². The van der Waals surface area contributed by atoms with Gasteiger partial charge in [-0.15, -0.1) is 0 Å². The molecule has 18 heavy (non-hydrogen) atoms. The molecule has 4 heteroatoms. The monoisotopic (exact) mass is 267 g/mol. The van der Waals surface area contributed by atoms with E-state index in [0.717, 1.165) is 38.0 Å². The normalized spacial score (nSPS) is 31.8. The summed E-state index contributed by atoms with van der Waals surface area (Å²) >= 11 is 6.10. The van der Waals surface area contributed by atoms with E-state index >= 15 is 0 Å². The lowest BCUT2D eigenvalue weighted by Crippen LogP contribution is -2.22. The summed E-state index contributed by atoms with van der Waals surface area (Å²) in [6.07, 6.45) is 1.79. The van der Waals surface area contributed by atoms with E-state index in [1.807, 2.05) is 12.1 Å². The van der Waals surface area contributed by atoms with E-state index in [2.05, 4.69) is 4.90 Å². The fourth-order valence-corrected chi connectivity index (χ4v) is 3.61. The molecule has 0 amide bonds. The first-order valence-corrected chi connectivity index (χ1v) is 6.88. The van der Waals surface area contributed by atoms with Gasteiger partial charge in [0.2, 0.25) is 0 Å². The lowest BCUT2D eigenvalue weighted by Gasteiger charge is -2.18. The molecule has 0 spiro atoms. The molecule has 1 saturated heterocycles. The number of phenolic OH excluding ortho intramolecular Hbond substituents is 1. The summed E-state index contributed by atoms with van der Waals surface area (Å²) in [5, 5.41) is 19.7. The van der Waals surface area contributed by atoms with E-state index in [-0.39, 0.29) is 11.9 Å². The molecule has 3 nitrogen and oxygen atoms in total. The number of aromatic hydroxyl groups is 1. The second-order valence-electron chi connectivity index (χ2n) is 5.59. The van der Waals surface area contributed by atoms with Crippen LogP contribution in [0.5, 0.6) is 5.75 Å². The summed E-state index contributed by atoms with van der Waals surface area (Å²) in [6, 6.07) is 5.41. The molecule has 0 bridgehead atoms. The fraction of sp³-hybridized carbons (Fsp3) is 0.571. The first-order chi connectivity index (χ1) is 8.63. The van der Waals surface area contributed by atoms with Crippen molar-refractivity contribution in [3.8, 4) is 5.75 Å². The molecule has 98 valence electrons. The van der Waals surface area contributed by atoms with Gasteiger partial charge in [0.1, 0.15) is 5.75 Å². The molecule has 1 aromatic rings. The van der Waals surface area contributed by atoms with Crippen LogP contribution in [0.25, 0.3) is 0 Å². The average Bonchev–Trinajstić information content (AvgIpc) is 2.81. The van der Waals surface area contributed by atoms with Crippen molar-refractivity contribution in [3.63, 3.8) is 0 Å². The molecule has 3 atom stereocenters. The molecule has 1 saturated carbocycles. The van der Waals surface area contributed by atoms with Crippen LogP contribution >= 0.6 is 11.6 Å². The third kappa shape index (κ3) is 2.22. The lowest BCUT2D eigenvalue weighted by molar-refractivity contribution is 0.161. The standard InChI is InChI=1S/C14H18ClNO2/c15-14-9(2-1-3-13(14)18)6-16-7-10-4-12(17)5-11(10)8-16/h1-3,10-12,17-18H,4-8H2/t10-,11+,12?. The number of nitrogens with zero attached hydrogens (tertiary/aromatic N) is 1. The largest absolute Gasteiger partial charge is 0.506 e. The van der Waals surface area contributed by atoms with Gasteiger partial charge in [0.05, 0.1) is 11.1 Å². The van der Waals surface area contributed by atoms with Gasteiger partial charge in [-0.2, -0.15) is 0 Å². The third-order valence-electron chi connectivity index (χ3n) is 4.25. The summed E-state index contributed by atoms with van der Waals surface area (Å²) in [4.78, 5) is 2.38. The predicted octanol–water partition coefficient (Wildman–Crippen LogP) is 2.25. The van der Waals surface area contributed by atoms with E-state index in [4.69, 9.17) is 11.6 Å². The van der Waals surface area contributed by atoms with E-state index in [1.54, 1.807) is 6.07 Å². The predicted molar refractivity (Wildman–Crippen MR) is 70.6 cm³/mol. The third-order valence-corrected chi connectivity index (χ3v) is 4.69. The van der Waals surface area contributed by atoms with Crippen LogP contribution in [0, 0.1) is 11.8 Å². The highest BCUT2D eigenvalue weighted by Gasteiger charge is 2.40. The van der Waals surface area contributed by atoms with E-state index in [0.29, 0.717) is 16.9 Å². The molecule has 1 aliphatic carbocycles. The zero-order valence-corrected chi connectivity index (χ0v) is 11.0. The van der Waals surface area contributed by atoms with Crippen LogP contribution < -0.4 is 0 Å². The summed E-state index contributed by atoms with van der Waals surface area (Å²) in [7, 11) is 0. The Morgan fingerprint density at radius 2 is 1.89 bits per heavy atom. The number of benzene rings is 1. The molecule has 0 radical (unpaired) electrons. The number of fused-ring (bicyclic) bond motifs is 1. The molecule has 1 aliphatic heterocycles. The molecular weight excluding hydrogens is 250 g/mol. The van der Waals surface area contributed by atoms with Crippen LogP contribution in [0.3, 0.4) is 0 Å². The minimum atomic E-state index is -0.0912. The highest BCUT2D eigenvalue weighted by atomic mass is 35.5. The highest BCUT2D eigenvalue weighted by molar-refractivity contribution is 6.32. The van der Waals surface area contributed by atoms with Crippen LogP contribution in [0.1, 0.15) is 18.4 Å². The topological polar surface area (TPSA) is 43.7 Å². The second-order valence-corrected chi connectivity index (χ2v) is 5.97. The van der Waals surface area contributed by atoms with Gasteiger partial charge in [0.15, 0.2) is 0 Å². The van der Waals surface area contributed by atoms with Gasteiger partial charge in [-0.3, -0.25) is 4.90 Å². The van der Waals surface area contributed by atoms with E-state index < -0.39 is 0 Å². The number of likely N-dealkylation sites (tertiary alicyclic amines) is 1. The van der Waals surface area contributed by atoms with Crippen LogP contribution in [0.2, 0.25) is 5.02 Å². The Morgan fingerprint density at radius 1 is 1.22 bits per heavy atom. The first-order valence-electron chi connectivity index (χ1n) is 6.50. The van der Waals surface area contributed by atoms with E-state index in [9.17, 15) is 10.2 Å². The SMILES string of the molecule is Oc1cccc(CN2C[C@H]3CC(O)C[C@H]3C2)c1Cl. The van der Waals surface area contributed by atoms with E-state index in [1.165, 1.54) is 0 Å². The molecule has 2 N–H and O–H groups in total. The molecule has 0 aromatic heterocycles. The Bertz CT molecular complexity index is 437. The Balaban J connectivity index is 1.67. The van der Waals surface area contributed by atoms with Crippen molar-refractivity contribution in [1.29, 1.82) is 0 Å². The van der Waals surface area contributed by atoms with Gasteiger partial charge in [0, 0.05) is 19.6 Å². The zero-order chi connectivity index (χ0) is 12.7. The number of phenols is 1.